The summed E-state index contributed by atoms with van der Waals surface area (Å²) in [4.78, 5) is 36.5. The summed E-state index contributed by atoms with van der Waals surface area (Å²) in [7, 11) is 0. The van der Waals surface area contributed by atoms with E-state index in [0.717, 1.165) is 5.48 Å². The van der Waals surface area contributed by atoms with E-state index < -0.39 is 29.9 Å². The molecule has 3 atom stereocenters. The van der Waals surface area contributed by atoms with E-state index in [9.17, 15) is 28.3 Å². The lowest BCUT2D eigenvalue weighted by atomic mass is 9.95. The van der Waals surface area contributed by atoms with Gasteiger partial charge in [0.1, 0.15) is 12.1 Å². The van der Waals surface area contributed by atoms with Crippen molar-refractivity contribution >= 4 is 17.7 Å². The van der Waals surface area contributed by atoms with Gasteiger partial charge in [-0.1, -0.05) is 11.8 Å². The van der Waals surface area contributed by atoms with Gasteiger partial charge < -0.3 is 15.3 Å². The minimum absolute atomic E-state index is 0.0162. The lowest BCUT2D eigenvalue weighted by molar-refractivity contribution is -0.149. The number of rotatable bonds is 5. The Morgan fingerprint density at radius 2 is 1.87 bits per heavy atom. The molecule has 30 heavy (non-hydrogen) atoms. The molecule has 0 spiro atoms. The van der Waals surface area contributed by atoms with Gasteiger partial charge in [-0.05, 0) is 43.0 Å². The van der Waals surface area contributed by atoms with E-state index in [0.29, 0.717) is 19.0 Å². The van der Waals surface area contributed by atoms with Gasteiger partial charge in [0.05, 0.1) is 6.54 Å². The molecule has 3 amide bonds. The maximum Gasteiger partial charge on any atom is 0.269 e. The highest BCUT2D eigenvalue weighted by Crippen LogP contribution is 2.20. The number of hydrogen-bond donors (Lipinski definition) is 4. The van der Waals surface area contributed by atoms with Gasteiger partial charge in [0, 0.05) is 18.1 Å². The Kier molecular flexibility index (Phi) is 7.11. The minimum atomic E-state index is -3.36. The SMILES string of the molecule is CC(=O)N1CC1C#CC#Cc1ccc(C(=O)N[C@H](C(=O)NO)[C@](C)(O)C(F)F)cc1. The van der Waals surface area contributed by atoms with Crippen molar-refractivity contribution in [3.63, 3.8) is 0 Å². The lowest BCUT2D eigenvalue weighted by Gasteiger charge is -2.30. The highest BCUT2D eigenvalue weighted by Gasteiger charge is 2.46. The zero-order valence-electron chi connectivity index (χ0n) is 16.1. The van der Waals surface area contributed by atoms with Gasteiger partial charge >= 0.3 is 0 Å². The van der Waals surface area contributed by atoms with E-state index in [2.05, 4.69) is 23.7 Å². The van der Waals surface area contributed by atoms with Crippen LogP contribution in [0.15, 0.2) is 24.3 Å². The number of carbonyl (C=O) groups is 3. The van der Waals surface area contributed by atoms with Crippen LogP contribution in [-0.4, -0.2) is 63.6 Å². The molecule has 1 aromatic rings. The Morgan fingerprint density at radius 1 is 1.23 bits per heavy atom. The third kappa shape index (κ3) is 5.54. The molecule has 4 N–H and O–H groups in total. The molecule has 0 bridgehead atoms. The first-order valence-electron chi connectivity index (χ1n) is 8.72. The van der Waals surface area contributed by atoms with Crippen LogP contribution in [0.25, 0.3) is 0 Å². The average Bonchev–Trinajstić information content (AvgIpc) is 3.49. The van der Waals surface area contributed by atoms with Gasteiger partial charge in [-0.2, -0.15) is 0 Å². The lowest BCUT2D eigenvalue weighted by Crippen LogP contribution is -2.61. The van der Waals surface area contributed by atoms with Crippen molar-refractivity contribution in [2.75, 3.05) is 6.54 Å². The van der Waals surface area contributed by atoms with Gasteiger partial charge in [-0.25, -0.2) is 14.3 Å². The number of carbonyl (C=O) groups excluding carboxylic acids is 3. The van der Waals surface area contributed by atoms with Crippen molar-refractivity contribution in [2.45, 2.75) is 38.0 Å². The van der Waals surface area contributed by atoms with Gasteiger partial charge in [-0.3, -0.25) is 19.6 Å². The topological polar surface area (TPSA) is 119 Å². The third-order valence-corrected chi connectivity index (χ3v) is 4.35. The number of hydrogen-bond acceptors (Lipinski definition) is 5. The molecule has 0 aromatic heterocycles. The number of amides is 3. The molecule has 1 aromatic carbocycles. The number of nitrogens with one attached hydrogen (secondary N) is 2. The molecule has 8 nitrogen and oxygen atoms in total. The van der Waals surface area contributed by atoms with Gasteiger partial charge in [-0.15, -0.1) is 0 Å². The molecule has 2 rings (SSSR count). The molecule has 1 fully saturated rings. The van der Waals surface area contributed by atoms with Crippen LogP contribution in [0.5, 0.6) is 0 Å². The van der Waals surface area contributed by atoms with E-state index in [1.165, 1.54) is 31.2 Å². The number of alkyl halides is 2. The predicted molar refractivity (Wildman–Crippen MR) is 100 cm³/mol. The van der Waals surface area contributed by atoms with E-state index >= 15 is 0 Å². The summed E-state index contributed by atoms with van der Waals surface area (Å²) in [6.07, 6.45) is -3.36. The van der Waals surface area contributed by atoms with E-state index in [4.69, 9.17) is 5.21 Å². The number of nitrogens with zero attached hydrogens (tertiary/aromatic N) is 1. The molecule has 1 saturated heterocycles. The maximum absolute atomic E-state index is 13.0. The molecule has 0 radical (unpaired) electrons. The van der Waals surface area contributed by atoms with Gasteiger partial charge in [0.2, 0.25) is 5.91 Å². The Balaban J connectivity index is 2.04. The second-order valence-electron chi connectivity index (χ2n) is 6.69. The summed E-state index contributed by atoms with van der Waals surface area (Å²) < 4.78 is 26.0. The molecular weight excluding hydrogens is 400 g/mol. The largest absolute Gasteiger partial charge is 0.381 e. The van der Waals surface area contributed by atoms with Crippen LogP contribution in [0.2, 0.25) is 0 Å². The van der Waals surface area contributed by atoms with Crippen LogP contribution in [0.4, 0.5) is 8.78 Å². The van der Waals surface area contributed by atoms with Crippen LogP contribution in [0.1, 0.15) is 29.8 Å². The molecule has 1 aliphatic heterocycles. The molecule has 0 saturated carbocycles. The normalized spacial score (nSPS) is 17.4. The summed E-state index contributed by atoms with van der Waals surface area (Å²) in [6, 6.07) is 3.44. The molecule has 1 aliphatic rings. The number of hydroxylamine groups is 1. The van der Waals surface area contributed by atoms with E-state index in [-0.39, 0.29) is 17.5 Å². The Bertz CT molecular complexity index is 955. The summed E-state index contributed by atoms with van der Waals surface area (Å²) in [5, 5.41) is 20.5. The van der Waals surface area contributed by atoms with E-state index in [1.807, 2.05) is 5.32 Å². The molecule has 158 valence electrons. The third-order valence-electron chi connectivity index (χ3n) is 4.35. The van der Waals surface area contributed by atoms with Crippen LogP contribution in [-0.2, 0) is 9.59 Å². The zero-order chi connectivity index (χ0) is 22.5. The van der Waals surface area contributed by atoms with Crippen molar-refractivity contribution < 1.29 is 33.5 Å². The van der Waals surface area contributed by atoms with Crippen LogP contribution in [0, 0.1) is 23.7 Å². The highest BCUT2D eigenvalue weighted by molar-refractivity contribution is 5.97. The number of halogens is 2. The summed E-state index contributed by atoms with van der Waals surface area (Å²) in [5.41, 5.74) is -1.23. The summed E-state index contributed by atoms with van der Waals surface area (Å²) >= 11 is 0. The van der Waals surface area contributed by atoms with Crippen LogP contribution >= 0.6 is 0 Å². The average molecular weight is 419 g/mol. The summed E-state index contributed by atoms with van der Waals surface area (Å²) in [5.74, 6) is 8.47. The second kappa shape index (κ2) is 9.35. The molecule has 10 heteroatoms. The van der Waals surface area contributed by atoms with Crippen molar-refractivity contribution in [1.82, 2.24) is 15.7 Å². The number of benzene rings is 1. The van der Waals surface area contributed by atoms with Crippen LogP contribution in [0.3, 0.4) is 0 Å². The first-order chi connectivity index (χ1) is 14.1. The smallest absolute Gasteiger partial charge is 0.269 e. The highest BCUT2D eigenvalue weighted by atomic mass is 19.3. The van der Waals surface area contributed by atoms with Gasteiger partial charge in [0.25, 0.3) is 18.2 Å². The van der Waals surface area contributed by atoms with Gasteiger partial charge in [0.15, 0.2) is 5.60 Å². The number of aliphatic hydroxyl groups is 1. The molecule has 0 aliphatic carbocycles. The fourth-order valence-electron chi connectivity index (χ4n) is 2.42. The quantitative estimate of drug-likeness (QED) is 0.230. The Morgan fingerprint density at radius 3 is 2.37 bits per heavy atom. The van der Waals surface area contributed by atoms with Crippen molar-refractivity contribution in [1.29, 1.82) is 0 Å². The molecule has 1 unspecified atom stereocenters. The first kappa shape index (κ1) is 22.8. The molecule has 1 heterocycles. The maximum atomic E-state index is 13.0. The molecular formula is C20H19F2N3O5. The van der Waals surface area contributed by atoms with Crippen molar-refractivity contribution in [2.24, 2.45) is 0 Å². The van der Waals surface area contributed by atoms with Crippen molar-refractivity contribution in [3.8, 4) is 23.7 Å². The first-order valence-corrected chi connectivity index (χ1v) is 8.72. The fraction of sp³-hybridized carbons (Fsp3) is 0.350. The fourth-order valence-corrected chi connectivity index (χ4v) is 2.42. The van der Waals surface area contributed by atoms with Crippen LogP contribution < -0.4 is 10.8 Å². The summed E-state index contributed by atoms with van der Waals surface area (Å²) in [6.45, 7) is 2.70. The van der Waals surface area contributed by atoms with E-state index in [1.54, 1.807) is 4.90 Å². The minimum Gasteiger partial charge on any atom is -0.381 e. The Hall–Kier alpha value is -3.47. The predicted octanol–water partition coefficient (Wildman–Crippen LogP) is -0.108. The second-order valence-corrected chi connectivity index (χ2v) is 6.69. The monoisotopic (exact) mass is 419 g/mol. The van der Waals surface area contributed by atoms with Crippen molar-refractivity contribution in [3.05, 3.63) is 35.4 Å². The zero-order valence-corrected chi connectivity index (χ0v) is 16.1. The Labute approximate surface area is 171 Å². The standard InChI is InChI=1S/C20H19F2N3O5/c1-12(26)25-11-15(25)6-4-3-5-13-7-9-14(10-8-13)17(27)23-16(18(28)24-30)20(2,29)19(21)22/h7-10,15-16,19,29-30H,11H2,1-2H3,(H,23,27)(H,24,28)/t15?,16-,20+,25?/m1/s1.